The molecule has 1 N–H and O–H groups in total. The highest BCUT2D eigenvalue weighted by Gasteiger charge is 2.28. The van der Waals surface area contributed by atoms with E-state index in [0.29, 0.717) is 5.82 Å². The molecule has 6 heteroatoms. The number of hydrogen-bond acceptors (Lipinski definition) is 6. The molecule has 5 nitrogen and oxygen atoms in total. The second-order valence-corrected chi connectivity index (χ2v) is 4.39. The first-order valence-electron chi connectivity index (χ1n) is 5.28. The van der Waals surface area contributed by atoms with Crippen molar-refractivity contribution in [2.75, 3.05) is 5.32 Å². The van der Waals surface area contributed by atoms with Crippen LogP contribution in [0.1, 0.15) is 6.92 Å². The van der Waals surface area contributed by atoms with Crippen molar-refractivity contribution in [3.63, 3.8) is 0 Å². The minimum Gasteiger partial charge on any atom is -0.319 e. The van der Waals surface area contributed by atoms with E-state index in [9.17, 15) is 0 Å². The maximum atomic E-state index is 5.31. The van der Waals surface area contributed by atoms with Crippen LogP contribution in [0.15, 0.2) is 30.3 Å². The molecule has 1 saturated heterocycles. The van der Waals surface area contributed by atoms with Crippen molar-refractivity contribution in [1.29, 1.82) is 0 Å². The number of anilines is 1. The van der Waals surface area contributed by atoms with Gasteiger partial charge in [0.25, 0.3) is 0 Å². The summed E-state index contributed by atoms with van der Waals surface area (Å²) in [7, 11) is 0. The zero-order valence-corrected chi connectivity index (χ0v) is 9.98. The van der Waals surface area contributed by atoms with Gasteiger partial charge in [0, 0.05) is 0 Å². The molecule has 17 heavy (non-hydrogen) atoms. The quantitative estimate of drug-likeness (QED) is 0.904. The molecule has 0 spiro atoms. The Morgan fingerprint density at radius 3 is 2.71 bits per heavy atom. The summed E-state index contributed by atoms with van der Waals surface area (Å²) in [6.07, 6.45) is -0.573. The van der Waals surface area contributed by atoms with Crippen LogP contribution in [0.5, 0.6) is 0 Å². The molecular formula is C11H11N3O2S. The highest BCUT2D eigenvalue weighted by molar-refractivity contribution is 7.10. The fourth-order valence-electron chi connectivity index (χ4n) is 1.60. The summed E-state index contributed by atoms with van der Waals surface area (Å²) in [5.74, 6) is 0.693. The van der Waals surface area contributed by atoms with Crippen molar-refractivity contribution >= 4 is 17.4 Å². The third-order valence-electron chi connectivity index (χ3n) is 2.41. The Labute approximate surface area is 103 Å². The van der Waals surface area contributed by atoms with E-state index in [2.05, 4.69) is 14.9 Å². The topological polar surface area (TPSA) is 56.3 Å². The second-order valence-electron chi connectivity index (χ2n) is 3.63. The molecule has 0 atom stereocenters. The molecule has 3 rings (SSSR count). The van der Waals surface area contributed by atoms with Gasteiger partial charge in [0.2, 0.25) is 6.41 Å². The maximum Gasteiger partial charge on any atom is 0.243 e. The predicted octanol–water partition coefficient (Wildman–Crippen LogP) is 2.29. The molecule has 1 aromatic carbocycles. The van der Waals surface area contributed by atoms with E-state index in [1.807, 2.05) is 37.3 Å². The minimum absolute atomic E-state index is 0.153. The van der Waals surface area contributed by atoms with Crippen LogP contribution in [-0.4, -0.2) is 22.3 Å². The third kappa shape index (κ3) is 2.14. The van der Waals surface area contributed by atoms with Crippen LogP contribution in [0.25, 0.3) is 10.4 Å². The second kappa shape index (κ2) is 4.40. The van der Waals surface area contributed by atoms with Crippen LogP contribution in [0.3, 0.4) is 0 Å². The van der Waals surface area contributed by atoms with E-state index >= 15 is 0 Å². The molecule has 1 aliphatic heterocycles. The van der Waals surface area contributed by atoms with Gasteiger partial charge in [-0.05, 0) is 24.0 Å². The SMILES string of the molecule is CC1OC(Nc2nnsc2-c2ccccc2)O1. The third-order valence-corrected chi connectivity index (χ3v) is 3.18. The van der Waals surface area contributed by atoms with Crippen LogP contribution < -0.4 is 5.32 Å². The summed E-state index contributed by atoms with van der Waals surface area (Å²) in [6.45, 7) is 1.84. The van der Waals surface area contributed by atoms with Gasteiger partial charge in [-0.2, -0.15) is 0 Å². The van der Waals surface area contributed by atoms with Gasteiger partial charge in [-0.3, -0.25) is 0 Å². The monoisotopic (exact) mass is 249 g/mol. The highest BCUT2D eigenvalue weighted by atomic mass is 32.1. The molecule has 2 aromatic rings. The highest BCUT2D eigenvalue weighted by Crippen LogP contribution is 2.31. The largest absolute Gasteiger partial charge is 0.319 e. The normalized spacial score (nSPS) is 23.1. The average Bonchev–Trinajstić information content (AvgIpc) is 2.76. The van der Waals surface area contributed by atoms with Crippen LogP contribution in [0.4, 0.5) is 5.82 Å². The van der Waals surface area contributed by atoms with Crippen molar-refractivity contribution in [3.8, 4) is 10.4 Å². The first-order chi connectivity index (χ1) is 8.33. The average molecular weight is 249 g/mol. The molecular weight excluding hydrogens is 238 g/mol. The van der Waals surface area contributed by atoms with Crippen molar-refractivity contribution in [3.05, 3.63) is 30.3 Å². The molecule has 0 bridgehead atoms. The molecule has 2 heterocycles. The summed E-state index contributed by atoms with van der Waals surface area (Å²) >= 11 is 1.35. The van der Waals surface area contributed by atoms with Crippen molar-refractivity contribution in [1.82, 2.24) is 9.59 Å². The lowest BCUT2D eigenvalue weighted by Crippen LogP contribution is -2.44. The van der Waals surface area contributed by atoms with E-state index in [0.717, 1.165) is 10.4 Å². The Kier molecular flexibility index (Phi) is 2.76. The molecule has 0 aliphatic carbocycles. The van der Waals surface area contributed by atoms with Crippen molar-refractivity contribution in [2.24, 2.45) is 0 Å². The predicted molar refractivity (Wildman–Crippen MR) is 64.4 cm³/mol. The van der Waals surface area contributed by atoms with Crippen LogP contribution in [0.2, 0.25) is 0 Å². The maximum absolute atomic E-state index is 5.31. The van der Waals surface area contributed by atoms with Crippen LogP contribution in [-0.2, 0) is 9.47 Å². The summed E-state index contributed by atoms with van der Waals surface area (Å²) in [6, 6.07) is 9.98. The lowest BCUT2D eigenvalue weighted by molar-refractivity contribution is -0.363. The zero-order valence-electron chi connectivity index (χ0n) is 9.16. The van der Waals surface area contributed by atoms with E-state index < -0.39 is 6.41 Å². The van der Waals surface area contributed by atoms with Gasteiger partial charge in [-0.1, -0.05) is 34.8 Å². The van der Waals surface area contributed by atoms with Gasteiger partial charge in [-0.25, -0.2) is 0 Å². The Hall–Kier alpha value is -1.50. The van der Waals surface area contributed by atoms with E-state index in [1.54, 1.807) is 0 Å². The molecule has 0 radical (unpaired) electrons. The number of aromatic nitrogens is 2. The minimum atomic E-state index is -0.420. The van der Waals surface area contributed by atoms with Gasteiger partial charge in [0.1, 0.15) is 0 Å². The summed E-state index contributed by atoms with van der Waals surface area (Å²) in [4.78, 5) is 0.984. The molecule has 1 fully saturated rings. The smallest absolute Gasteiger partial charge is 0.243 e. The van der Waals surface area contributed by atoms with Crippen LogP contribution >= 0.6 is 11.5 Å². The Morgan fingerprint density at radius 2 is 2.00 bits per heavy atom. The fourth-order valence-corrected chi connectivity index (χ4v) is 2.23. The van der Waals surface area contributed by atoms with Gasteiger partial charge in [0.15, 0.2) is 12.1 Å². The number of nitrogens with zero attached hydrogens (tertiary/aromatic N) is 2. The van der Waals surface area contributed by atoms with Gasteiger partial charge < -0.3 is 14.8 Å². The molecule has 0 saturated carbocycles. The van der Waals surface area contributed by atoms with E-state index in [4.69, 9.17) is 9.47 Å². The molecule has 1 aromatic heterocycles. The lowest BCUT2D eigenvalue weighted by Gasteiger charge is -2.33. The Bertz CT molecular complexity index is 496. The van der Waals surface area contributed by atoms with Crippen molar-refractivity contribution < 1.29 is 9.47 Å². The Morgan fingerprint density at radius 1 is 1.24 bits per heavy atom. The van der Waals surface area contributed by atoms with Gasteiger partial charge in [0.05, 0.1) is 4.88 Å². The van der Waals surface area contributed by atoms with Crippen LogP contribution in [0, 0.1) is 0 Å². The van der Waals surface area contributed by atoms with Crippen molar-refractivity contribution in [2.45, 2.75) is 19.6 Å². The summed E-state index contributed by atoms with van der Waals surface area (Å²) < 4.78 is 14.6. The lowest BCUT2D eigenvalue weighted by atomic mass is 10.2. The number of hydrogen-bond donors (Lipinski definition) is 1. The molecule has 1 aliphatic rings. The molecule has 88 valence electrons. The first kappa shape index (κ1) is 10.6. The van der Waals surface area contributed by atoms with Gasteiger partial charge >= 0.3 is 0 Å². The molecule has 0 unspecified atom stereocenters. The number of rotatable bonds is 3. The van der Waals surface area contributed by atoms with E-state index in [1.165, 1.54) is 11.5 Å². The Balaban J connectivity index is 1.80. The zero-order chi connectivity index (χ0) is 11.7. The number of nitrogens with one attached hydrogen (secondary N) is 1. The fraction of sp³-hybridized carbons (Fsp3) is 0.273. The van der Waals surface area contributed by atoms with Gasteiger partial charge in [-0.15, -0.1) is 5.10 Å². The first-order valence-corrected chi connectivity index (χ1v) is 6.05. The summed E-state index contributed by atoms with van der Waals surface area (Å²) in [5, 5.41) is 7.09. The summed E-state index contributed by atoms with van der Waals surface area (Å²) in [5.41, 5.74) is 1.08. The standard InChI is InChI=1S/C11H11N3O2S/c1-7-15-11(16-7)12-10-9(17-14-13-10)8-5-3-2-4-6-8/h2-7,11-12H,1H3. The molecule has 0 amide bonds. The van der Waals surface area contributed by atoms with E-state index in [-0.39, 0.29) is 6.29 Å². The number of benzene rings is 1. The number of ether oxygens (including phenoxy) is 2.